The second-order valence-corrected chi connectivity index (χ2v) is 8.33. The van der Waals surface area contributed by atoms with Crippen LogP contribution < -0.4 is 16.0 Å². The van der Waals surface area contributed by atoms with Gasteiger partial charge in [-0.05, 0) is 45.6 Å². The molecule has 1 aromatic carbocycles. The molecule has 0 saturated carbocycles. The van der Waals surface area contributed by atoms with Gasteiger partial charge in [0.25, 0.3) is 5.56 Å². The van der Waals surface area contributed by atoms with E-state index in [1.165, 1.54) is 29.0 Å². The summed E-state index contributed by atoms with van der Waals surface area (Å²) in [6.07, 6.45) is -0.197. The van der Waals surface area contributed by atoms with Gasteiger partial charge >= 0.3 is 18.0 Å². The number of H-pyrrole nitrogens is 1. The SMILES string of the molecule is CCC(C)(C)C(=O)OCCCCCCn1cc(-c2ccccc2OC(F)(F)F)c(=O)[nH]c1=O. The average Bonchev–Trinajstić information content (AvgIpc) is 2.73. The fourth-order valence-corrected chi connectivity index (χ4v) is 3.01. The summed E-state index contributed by atoms with van der Waals surface area (Å²) in [4.78, 5) is 38.5. The summed E-state index contributed by atoms with van der Waals surface area (Å²) in [7, 11) is 0. The van der Waals surface area contributed by atoms with Gasteiger partial charge in [-0.3, -0.25) is 19.1 Å². The lowest BCUT2D eigenvalue weighted by atomic mass is 9.91. The number of ether oxygens (including phenoxy) is 2. The molecule has 182 valence electrons. The number of hydrogen-bond acceptors (Lipinski definition) is 5. The molecule has 2 aromatic rings. The largest absolute Gasteiger partial charge is 0.573 e. The van der Waals surface area contributed by atoms with Gasteiger partial charge in [0.05, 0.1) is 17.6 Å². The molecule has 0 fully saturated rings. The second-order valence-electron chi connectivity index (χ2n) is 8.33. The molecular weight excluding hydrogens is 441 g/mol. The molecule has 0 bridgehead atoms. The Kier molecular flexibility index (Phi) is 8.90. The molecule has 0 aliphatic carbocycles. The van der Waals surface area contributed by atoms with E-state index in [1.54, 1.807) is 0 Å². The standard InChI is InChI=1S/C23H29F3N2O5/c1-4-22(2,3)20(30)32-14-10-6-5-9-13-28-15-17(19(29)27-21(28)31)16-11-7-8-12-18(16)33-23(24,25)26/h7-8,11-12,15H,4-6,9-10,13-14H2,1-3H3,(H,27,29,31). The molecule has 0 spiro atoms. The predicted octanol–water partition coefficient (Wildman–Crippen LogP) is 4.64. The highest BCUT2D eigenvalue weighted by Gasteiger charge is 2.32. The summed E-state index contributed by atoms with van der Waals surface area (Å²) in [5.74, 6) is -0.756. The first-order chi connectivity index (χ1) is 15.4. The Bertz CT molecular complexity index is 1060. The van der Waals surface area contributed by atoms with Gasteiger partial charge in [0, 0.05) is 18.3 Å². The molecule has 0 saturated heterocycles. The predicted molar refractivity (Wildman–Crippen MR) is 117 cm³/mol. The number of aryl methyl sites for hydroxylation is 1. The maximum Gasteiger partial charge on any atom is 0.573 e. The highest BCUT2D eigenvalue weighted by atomic mass is 19.4. The van der Waals surface area contributed by atoms with Crippen LogP contribution in [0, 0.1) is 5.41 Å². The lowest BCUT2D eigenvalue weighted by Gasteiger charge is -2.20. The second kappa shape index (κ2) is 11.2. The van der Waals surface area contributed by atoms with Crippen LogP contribution in [0.4, 0.5) is 13.2 Å². The van der Waals surface area contributed by atoms with Crippen molar-refractivity contribution in [1.82, 2.24) is 9.55 Å². The number of nitrogens with one attached hydrogen (secondary N) is 1. The number of aromatic nitrogens is 2. The number of aromatic amines is 1. The molecule has 33 heavy (non-hydrogen) atoms. The number of esters is 1. The molecule has 10 heteroatoms. The Morgan fingerprint density at radius 1 is 1.03 bits per heavy atom. The van der Waals surface area contributed by atoms with Gasteiger partial charge in [-0.15, -0.1) is 13.2 Å². The molecule has 1 aromatic heterocycles. The Hall–Kier alpha value is -3.04. The number of benzene rings is 1. The van der Waals surface area contributed by atoms with E-state index in [1.807, 2.05) is 20.8 Å². The van der Waals surface area contributed by atoms with Crippen molar-refractivity contribution >= 4 is 5.97 Å². The lowest BCUT2D eigenvalue weighted by Crippen LogP contribution is -2.30. The zero-order valence-corrected chi connectivity index (χ0v) is 19.0. The van der Waals surface area contributed by atoms with Gasteiger partial charge in [0.2, 0.25) is 0 Å². The number of carbonyl (C=O) groups excluding carboxylic acids is 1. The number of rotatable bonds is 11. The van der Waals surface area contributed by atoms with Gasteiger partial charge < -0.3 is 9.47 Å². The highest BCUT2D eigenvalue weighted by molar-refractivity contribution is 5.75. The van der Waals surface area contributed by atoms with Gasteiger partial charge in [-0.1, -0.05) is 31.5 Å². The monoisotopic (exact) mass is 470 g/mol. The van der Waals surface area contributed by atoms with E-state index in [0.29, 0.717) is 25.9 Å². The maximum atomic E-state index is 12.7. The summed E-state index contributed by atoms with van der Waals surface area (Å²) in [5, 5.41) is 0. The Labute approximate surface area is 189 Å². The van der Waals surface area contributed by atoms with Gasteiger partial charge in [-0.2, -0.15) is 0 Å². The van der Waals surface area contributed by atoms with Crippen molar-refractivity contribution < 1.29 is 27.4 Å². The third kappa shape index (κ3) is 7.80. The van der Waals surface area contributed by atoms with Crippen LogP contribution in [-0.4, -0.2) is 28.5 Å². The first kappa shape index (κ1) is 26.2. The van der Waals surface area contributed by atoms with Crippen LogP contribution in [0.5, 0.6) is 5.75 Å². The molecule has 2 rings (SSSR count). The Morgan fingerprint density at radius 3 is 2.36 bits per heavy atom. The lowest BCUT2D eigenvalue weighted by molar-refractivity contribution is -0.274. The fraction of sp³-hybridized carbons (Fsp3) is 0.522. The van der Waals surface area contributed by atoms with Crippen molar-refractivity contribution in [2.24, 2.45) is 5.41 Å². The number of hydrogen-bond donors (Lipinski definition) is 1. The zero-order valence-electron chi connectivity index (χ0n) is 19.0. The summed E-state index contributed by atoms with van der Waals surface area (Å²) >= 11 is 0. The Balaban J connectivity index is 1.97. The minimum absolute atomic E-state index is 0.0679. The Morgan fingerprint density at radius 2 is 1.70 bits per heavy atom. The van der Waals surface area contributed by atoms with Crippen LogP contribution in [0.1, 0.15) is 52.9 Å². The van der Waals surface area contributed by atoms with Crippen molar-refractivity contribution in [3.05, 3.63) is 51.3 Å². The molecule has 0 atom stereocenters. The van der Waals surface area contributed by atoms with E-state index in [0.717, 1.165) is 18.9 Å². The molecule has 0 amide bonds. The topological polar surface area (TPSA) is 90.4 Å². The summed E-state index contributed by atoms with van der Waals surface area (Å²) in [6, 6.07) is 5.25. The van der Waals surface area contributed by atoms with E-state index in [4.69, 9.17) is 4.74 Å². The molecule has 7 nitrogen and oxygen atoms in total. The molecule has 1 heterocycles. The smallest absolute Gasteiger partial charge is 0.465 e. The highest BCUT2D eigenvalue weighted by Crippen LogP contribution is 2.31. The first-order valence-corrected chi connectivity index (χ1v) is 10.8. The number of unbranched alkanes of at least 4 members (excludes halogenated alkanes) is 3. The molecular formula is C23H29F3N2O5. The molecule has 0 unspecified atom stereocenters. The van der Waals surface area contributed by atoms with Crippen LogP contribution in [0.15, 0.2) is 40.1 Å². The molecule has 0 aliphatic heterocycles. The van der Waals surface area contributed by atoms with E-state index < -0.39 is 28.8 Å². The van der Waals surface area contributed by atoms with Crippen molar-refractivity contribution in [3.8, 4) is 16.9 Å². The number of para-hydroxylation sites is 1. The molecule has 1 N–H and O–H groups in total. The molecule has 0 aliphatic rings. The number of alkyl halides is 3. The van der Waals surface area contributed by atoms with Crippen molar-refractivity contribution in [2.45, 2.75) is 65.8 Å². The maximum absolute atomic E-state index is 12.7. The van der Waals surface area contributed by atoms with E-state index in [-0.39, 0.29) is 23.6 Å². The number of halogens is 3. The number of nitrogens with zero attached hydrogens (tertiary/aromatic N) is 1. The normalized spacial score (nSPS) is 11.9. The number of carbonyl (C=O) groups is 1. The van der Waals surface area contributed by atoms with E-state index in [2.05, 4.69) is 9.72 Å². The van der Waals surface area contributed by atoms with Crippen LogP contribution in [0.25, 0.3) is 11.1 Å². The summed E-state index contributed by atoms with van der Waals surface area (Å²) in [5.41, 5.74) is -2.12. The first-order valence-electron chi connectivity index (χ1n) is 10.8. The third-order valence-electron chi connectivity index (χ3n) is 5.38. The molecule has 0 radical (unpaired) electrons. The average molecular weight is 470 g/mol. The third-order valence-corrected chi connectivity index (χ3v) is 5.38. The van der Waals surface area contributed by atoms with Crippen LogP contribution in [-0.2, 0) is 16.1 Å². The van der Waals surface area contributed by atoms with Crippen LogP contribution in [0.2, 0.25) is 0 Å². The summed E-state index contributed by atoms with van der Waals surface area (Å²) < 4.78 is 48.7. The minimum atomic E-state index is -4.92. The minimum Gasteiger partial charge on any atom is -0.465 e. The zero-order chi connectivity index (χ0) is 24.6. The van der Waals surface area contributed by atoms with Gasteiger partial charge in [0.15, 0.2) is 0 Å². The quantitative estimate of drug-likeness (QED) is 0.382. The fourth-order valence-electron chi connectivity index (χ4n) is 3.01. The summed E-state index contributed by atoms with van der Waals surface area (Å²) in [6.45, 7) is 6.18. The van der Waals surface area contributed by atoms with Crippen LogP contribution in [0.3, 0.4) is 0 Å². The van der Waals surface area contributed by atoms with E-state index >= 15 is 0 Å². The van der Waals surface area contributed by atoms with Crippen molar-refractivity contribution in [3.63, 3.8) is 0 Å². The van der Waals surface area contributed by atoms with Gasteiger partial charge in [0.1, 0.15) is 5.75 Å². The van der Waals surface area contributed by atoms with Gasteiger partial charge in [-0.25, -0.2) is 4.79 Å². The van der Waals surface area contributed by atoms with Crippen LogP contribution >= 0.6 is 0 Å². The van der Waals surface area contributed by atoms with Crippen molar-refractivity contribution in [2.75, 3.05) is 6.61 Å². The van der Waals surface area contributed by atoms with E-state index in [9.17, 15) is 27.6 Å². The van der Waals surface area contributed by atoms with Crippen molar-refractivity contribution in [1.29, 1.82) is 0 Å².